The Morgan fingerprint density at radius 3 is 2.44 bits per heavy atom. The average molecular weight is 428 g/mol. The molecule has 0 saturated carbocycles. The van der Waals surface area contributed by atoms with Gasteiger partial charge in [0.1, 0.15) is 11.9 Å². The minimum atomic E-state index is -0.509. The van der Waals surface area contributed by atoms with Crippen molar-refractivity contribution in [3.63, 3.8) is 0 Å². The van der Waals surface area contributed by atoms with Gasteiger partial charge in [0.05, 0.1) is 13.2 Å². The van der Waals surface area contributed by atoms with Crippen LogP contribution < -0.4 is 5.32 Å². The van der Waals surface area contributed by atoms with E-state index >= 15 is 0 Å². The molecule has 2 aromatic rings. The Bertz CT molecular complexity index is 918. The summed E-state index contributed by atoms with van der Waals surface area (Å²) in [6.45, 7) is 0. The quantitative estimate of drug-likeness (QED) is 0.713. The number of carbonyl (C=O) groups is 1. The number of benzene rings is 2. The van der Waals surface area contributed by atoms with E-state index in [9.17, 15) is 9.18 Å². The fourth-order valence-electron chi connectivity index (χ4n) is 4.02. The fraction of sp³-hybridized carbons (Fsp3) is 0.227. The van der Waals surface area contributed by atoms with E-state index in [0.29, 0.717) is 0 Å². The molecule has 0 aromatic heterocycles. The Hall–Kier alpha value is -2.24. The van der Waals surface area contributed by atoms with Crippen LogP contribution in [0.5, 0.6) is 0 Å². The van der Waals surface area contributed by atoms with E-state index in [1.165, 1.54) is 24.8 Å². The van der Waals surface area contributed by atoms with Gasteiger partial charge < -0.3 is 4.74 Å². The van der Waals surface area contributed by atoms with Gasteiger partial charge in [-0.05, 0) is 47.4 Å². The van der Waals surface area contributed by atoms with Gasteiger partial charge in [-0.2, -0.15) is 0 Å². The first-order chi connectivity index (χ1) is 13.1. The molecule has 4 rings (SSSR count). The van der Waals surface area contributed by atoms with Crippen LogP contribution in [-0.2, 0) is 9.53 Å². The minimum Gasteiger partial charge on any atom is -0.468 e. The lowest BCUT2D eigenvalue weighted by Crippen LogP contribution is -2.48. The molecule has 138 valence electrons. The predicted molar refractivity (Wildman–Crippen MR) is 106 cm³/mol. The summed E-state index contributed by atoms with van der Waals surface area (Å²) < 4.78 is 19.5. The van der Waals surface area contributed by atoms with Gasteiger partial charge in [-0.3, -0.25) is 10.1 Å². The maximum Gasteiger partial charge on any atom is 0.323 e. The lowest BCUT2D eigenvalue weighted by molar-refractivity contribution is -0.143. The lowest BCUT2D eigenvalue weighted by atomic mass is 9.76. The van der Waals surface area contributed by atoms with Gasteiger partial charge in [0.15, 0.2) is 0 Å². The molecule has 3 atom stereocenters. The molecule has 3 nitrogen and oxygen atoms in total. The van der Waals surface area contributed by atoms with Crippen molar-refractivity contribution < 1.29 is 13.9 Å². The maximum absolute atomic E-state index is 13.4. The maximum atomic E-state index is 13.4. The van der Waals surface area contributed by atoms with Gasteiger partial charge in [0.25, 0.3) is 0 Å². The SMILES string of the molecule is COC(=O)[C@@H]1N[C@@H](c2ccc(F)cc2)C2=C(CC=C2)C1c1ccc(Br)cc1. The van der Waals surface area contributed by atoms with E-state index in [4.69, 9.17) is 4.74 Å². The van der Waals surface area contributed by atoms with Gasteiger partial charge in [-0.15, -0.1) is 0 Å². The van der Waals surface area contributed by atoms with E-state index in [0.717, 1.165) is 27.6 Å². The second-order valence-electron chi connectivity index (χ2n) is 6.77. The summed E-state index contributed by atoms with van der Waals surface area (Å²) in [5, 5.41) is 3.46. The molecule has 0 saturated heterocycles. The van der Waals surface area contributed by atoms with E-state index in [2.05, 4.69) is 33.4 Å². The van der Waals surface area contributed by atoms with Crippen molar-refractivity contribution in [2.75, 3.05) is 7.11 Å². The minimum absolute atomic E-state index is 0.104. The van der Waals surface area contributed by atoms with Crippen LogP contribution >= 0.6 is 15.9 Å². The summed E-state index contributed by atoms with van der Waals surface area (Å²) in [7, 11) is 1.41. The molecule has 0 amide bonds. The Labute approximate surface area is 166 Å². The molecule has 1 aliphatic carbocycles. The van der Waals surface area contributed by atoms with Crippen LogP contribution in [0.1, 0.15) is 29.5 Å². The number of hydrogen-bond acceptors (Lipinski definition) is 3. The van der Waals surface area contributed by atoms with Crippen molar-refractivity contribution in [1.82, 2.24) is 5.32 Å². The monoisotopic (exact) mass is 427 g/mol. The van der Waals surface area contributed by atoms with E-state index in [-0.39, 0.29) is 23.7 Å². The number of nitrogens with one attached hydrogen (secondary N) is 1. The van der Waals surface area contributed by atoms with Crippen LogP contribution in [-0.4, -0.2) is 19.1 Å². The summed E-state index contributed by atoms with van der Waals surface area (Å²) in [6.07, 6.45) is 5.02. The molecule has 1 aliphatic heterocycles. The van der Waals surface area contributed by atoms with Crippen LogP contribution in [0.4, 0.5) is 4.39 Å². The van der Waals surface area contributed by atoms with Gasteiger partial charge in [0.2, 0.25) is 0 Å². The van der Waals surface area contributed by atoms with Crippen molar-refractivity contribution in [1.29, 1.82) is 0 Å². The predicted octanol–water partition coefficient (Wildman–Crippen LogP) is 4.81. The van der Waals surface area contributed by atoms with E-state index < -0.39 is 6.04 Å². The number of ether oxygens (including phenoxy) is 1. The Kier molecular flexibility index (Phi) is 4.98. The molecule has 1 N–H and O–H groups in total. The van der Waals surface area contributed by atoms with Crippen molar-refractivity contribution in [3.05, 3.63) is 93.2 Å². The molecule has 2 aromatic carbocycles. The van der Waals surface area contributed by atoms with Gasteiger partial charge in [-0.25, -0.2) is 4.39 Å². The summed E-state index contributed by atoms with van der Waals surface area (Å²) >= 11 is 3.47. The molecule has 0 fully saturated rings. The summed E-state index contributed by atoms with van der Waals surface area (Å²) in [4.78, 5) is 12.6. The van der Waals surface area contributed by atoms with Crippen LogP contribution in [0, 0.1) is 5.82 Å². The zero-order valence-electron chi connectivity index (χ0n) is 14.8. The van der Waals surface area contributed by atoms with Crippen molar-refractivity contribution in [2.45, 2.75) is 24.4 Å². The third-order valence-electron chi connectivity index (χ3n) is 5.26. The highest BCUT2D eigenvalue weighted by molar-refractivity contribution is 9.10. The van der Waals surface area contributed by atoms with Crippen LogP contribution in [0.25, 0.3) is 0 Å². The fourth-order valence-corrected chi connectivity index (χ4v) is 4.28. The van der Waals surface area contributed by atoms with Crippen LogP contribution in [0.15, 0.2) is 76.3 Å². The van der Waals surface area contributed by atoms with Crippen LogP contribution in [0.3, 0.4) is 0 Å². The summed E-state index contributed by atoms with van der Waals surface area (Å²) in [5.41, 5.74) is 4.35. The highest BCUT2D eigenvalue weighted by Gasteiger charge is 2.42. The highest BCUT2D eigenvalue weighted by atomic mass is 79.9. The number of halogens is 2. The molecular formula is C22H19BrFNO2. The third-order valence-corrected chi connectivity index (χ3v) is 5.79. The lowest BCUT2D eigenvalue weighted by Gasteiger charge is -2.38. The number of methoxy groups -OCH3 is 1. The Morgan fingerprint density at radius 1 is 1.11 bits per heavy atom. The van der Waals surface area contributed by atoms with E-state index in [1.807, 2.05) is 24.3 Å². The first-order valence-electron chi connectivity index (χ1n) is 8.83. The smallest absolute Gasteiger partial charge is 0.323 e. The zero-order valence-corrected chi connectivity index (χ0v) is 16.4. The topological polar surface area (TPSA) is 38.3 Å². The zero-order chi connectivity index (χ0) is 19.0. The Balaban J connectivity index is 1.82. The molecule has 0 spiro atoms. The van der Waals surface area contributed by atoms with Crippen molar-refractivity contribution >= 4 is 21.9 Å². The van der Waals surface area contributed by atoms with Gasteiger partial charge in [-0.1, -0.05) is 57.9 Å². The summed E-state index contributed by atoms with van der Waals surface area (Å²) in [5.74, 6) is -0.677. The molecule has 5 heteroatoms. The summed E-state index contributed by atoms with van der Waals surface area (Å²) in [6, 6.07) is 13.8. The standard InChI is InChI=1S/C22H19BrFNO2/c1-27-22(26)21-19(13-5-9-15(23)10-6-13)17-3-2-4-18(17)20(25-21)14-7-11-16(24)12-8-14/h2,4-12,19-21,25H,3H2,1H3/t19?,20-,21+/m0/s1. The molecule has 0 radical (unpaired) electrons. The Morgan fingerprint density at radius 2 is 1.78 bits per heavy atom. The molecule has 27 heavy (non-hydrogen) atoms. The second kappa shape index (κ2) is 7.41. The van der Waals surface area contributed by atoms with Gasteiger partial charge in [0, 0.05) is 10.4 Å². The molecule has 1 unspecified atom stereocenters. The molecule has 1 heterocycles. The molecule has 0 bridgehead atoms. The molecular weight excluding hydrogens is 409 g/mol. The number of hydrogen-bond donors (Lipinski definition) is 1. The number of rotatable bonds is 3. The van der Waals surface area contributed by atoms with E-state index in [1.54, 1.807) is 12.1 Å². The molecule has 2 aliphatic rings. The third kappa shape index (κ3) is 3.37. The highest BCUT2D eigenvalue weighted by Crippen LogP contribution is 2.45. The number of carbonyl (C=O) groups excluding carboxylic acids is 1. The van der Waals surface area contributed by atoms with Crippen LogP contribution in [0.2, 0.25) is 0 Å². The first-order valence-corrected chi connectivity index (χ1v) is 9.62. The average Bonchev–Trinajstić information content (AvgIpc) is 3.17. The first kappa shape index (κ1) is 18.1. The van der Waals surface area contributed by atoms with Crippen molar-refractivity contribution in [3.8, 4) is 0 Å². The number of esters is 1. The van der Waals surface area contributed by atoms with Gasteiger partial charge >= 0.3 is 5.97 Å². The van der Waals surface area contributed by atoms with Crippen molar-refractivity contribution in [2.24, 2.45) is 0 Å². The largest absolute Gasteiger partial charge is 0.468 e. The second-order valence-corrected chi connectivity index (χ2v) is 7.68. The number of allylic oxidation sites excluding steroid dienone is 1. The normalized spacial score (nSPS) is 24.0.